The van der Waals surface area contributed by atoms with Crippen molar-refractivity contribution in [1.29, 1.82) is 5.26 Å². The number of nitrogens with one attached hydrogen (secondary N) is 1. The van der Waals surface area contributed by atoms with Gasteiger partial charge in [-0.3, -0.25) is 4.79 Å². The summed E-state index contributed by atoms with van der Waals surface area (Å²) in [6, 6.07) is 13.3. The highest BCUT2D eigenvalue weighted by Crippen LogP contribution is 2.32. The third-order valence-electron chi connectivity index (χ3n) is 4.65. The summed E-state index contributed by atoms with van der Waals surface area (Å²) in [5.41, 5.74) is 6.50. The second-order valence-corrected chi connectivity index (χ2v) is 7.62. The van der Waals surface area contributed by atoms with Gasteiger partial charge in [0.15, 0.2) is 5.43 Å². The lowest BCUT2D eigenvalue weighted by Crippen LogP contribution is -2.14. The van der Waals surface area contributed by atoms with Crippen molar-refractivity contribution in [2.45, 2.75) is 40.0 Å². The Balaban J connectivity index is 2.27. The molecule has 0 aliphatic heterocycles. The third kappa shape index (κ3) is 2.96. The standard InChI is InChI=1S/C22H22N2O/c1-13-10-17(22(3,4)5)14(2)9-16(13)19-11-20(25)21-15(12-23)7-6-8-18(21)24-19/h6-11H,1-5H3,(H,24,25). The van der Waals surface area contributed by atoms with Gasteiger partial charge in [0.2, 0.25) is 0 Å². The van der Waals surface area contributed by atoms with Crippen LogP contribution in [0.15, 0.2) is 41.2 Å². The zero-order chi connectivity index (χ0) is 18.4. The van der Waals surface area contributed by atoms with Crippen molar-refractivity contribution in [2.24, 2.45) is 0 Å². The number of nitriles is 1. The van der Waals surface area contributed by atoms with Crippen molar-refractivity contribution in [2.75, 3.05) is 0 Å². The van der Waals surface area contributed by atoms with Gasteiger partial charge < -0.3 is 4.98 Å². The van der Waals surface area contributed by atoms with Gasteiger partial charge in [-0.15, -0.1) is 0 Å². The molecule has 1 N–H and O–H groups in total. The van der Waals surface area contributed by atoms with E-state index in [0.717, 1.165) is 16.8 Å². The third-order valence-corrected chi connectivity index (χ3v) is 4.65. The van der Waals surface area contributed by atoms with Crippen molar-refractivity contribution in [3.63, 3.8) is 0 Å². The fourth-order valence-corrected chi connectivity index (χ4v) is 3.46. The van der Waals surface area contributed by atoms with E-state index in [2.05, 4.69) is 57.8 Å². The molecule has 1 aromatic heterocycles. The Morgan fingerprint density at radius 2 is 1.76 bits per heavy atom. The minimum Gasteiger partial charge on any atom is -0.354 e. The van der Waals surface area contributed by atoms with Crippen molar-refractivity contribution < 1.29 is 0 Å². The van der Waals surface area contributed by atoms with Gasteiger partial charge in [-0.1, -0.05) is 32.9 Å². The number of pyridine rings is 1. The predicted molar refractivity (Wildman–Crippen MR) is 103 cm³/mol. The predicted octanol–water partition coefficient (Wildman–Crippen LogP) is 4.98. The number of fused-ring (bicyclic) bond motifs is 1. The van der Waals surface area contributed by atoms with E-state index in [0.29, 0.717) is 16.5 Å². The molecule has 0 amide bonds. The summed E-state index contributed by atoms with van der Waals surface area (Å²) >= 11 is 0. The van der Waals surface area contributed by atoms with Crippen LogP contribution in [0.3, 0.4) is 0 Å². The van der Waals surface area contributed by atoms with E-state index < -0.39 is 0 Å². The molecular formula is C22H22N2O. The highest BCUT2D eigenvalue weighted by atomic mass is 16.1. The lowest BCUT2D eigenvalue weighted by atomic mass is 9.82. The Labute approximate surface area is 147 Å². The Kier molecular flexibility index (Phi) is 4.00. The molecule has 0 atom stereocenters. The van der Waals surface area contributed by atoms with Crippen LogP contribution in [-0.4, -0.2) is 4.98 Å². The highest BCUT2D eigenvalue weighted by Gasteiger charge is 2.18. The molecule has 0 unspecified atom stereocenters. The van der Waals surface area contributed by atoms with Crippen molar-refractivity contribution in [3.8, 4) is 17.3 Å². The van der Waals surface area contributed by atoms with Crippen molar-refractivity contribution in [3.05, 3.63) is 68.9 Å². The summed E-state index contributed by atoms with van der Waals surface area (Å²) in [5, 5.41) is 9.68. The SMILES string of the molecule is Cc1cc(C(C)(C)C)c(C)cc1-c1cc(=O)c2c(C#N)cccc2[nH]1. The fourth-order valence-electron chi connectivity index (χ4n) is 3.46. The largest absolute Gasteiger partial charge is 0.354 e. The number of aromatic nitrogens is 1. The van der Waals surface area contributed by atoms with Crippen LogP contribution in [-0.2, 0) is 5.41 Å². The van der Waals surface area contributed by atoms with Crippen LogP contribution >= 0.6 is 0 Å². The topological polar surface area (TPSA) is 56.6 Å². The van der Waals surface area contributed by atoms with Crippen LogP contribution in [0.2, 0.25) is 0 Å². The van der Waals surface area contributed by atoms with Gasteiger partial charge >= 0.3 is 0 Å². The van der Waals surface area contributed by atoms with E-state index in [-0.39, 0.29) is 10.8 Å². The molecule has 25 heavy (non-hydrogen) atoms. The van der Waals surface area contributed by atoms with Crippen LogP contribution in [0.1, 0.15) is 43.0 Å². The lowest BCUT2D eigenvalue weighted by molar-refractivity contribution is 0.585. The zero-order valence-corrected chi connectivity index (χ0v) is 15.3. The minimum absolute atomic E-state index is 0.0753. The number of nitrogens with zero attached hydrogens (tertiary/aromatic N) is 1. The number of H-pyrrole nitrogens is 1. The maximum atomic E-state index is 12.6. The molecule has 0 spiro atoms. The van der Waals surface area contributed by atoms with Crippen LogP contribution < -0.4 is 5.43 Å². The summed E-state index contributed by atoms with van der Waals surface area (Å²) < 4.78 is 0. The molecule has 126 valence electrons. The van der Waals surface area contributed by atoms with Crippen molar-refractivity contribution in [1.82, 2.24) is 4.98 Å². The summed E-state index contributed by atoms with van der Waals surface area (Å²) in [4.78, 5) is 15.9. The fraction of sp³-hybridized carbons (Fsp3) is 0.273. The first-order valence-electron chi connectivity index (χ1n) is 8.40. The van der Waals surface area contributed by atoms with Crippen molar-refractivity contribution >= 4 is 10.9 Å². The lowest BCUT2D eigenvalue weighted by Gasteiger charge is -2.23. The second kappa shape index (κ2) is 5.89. The van der Waals surface area contributed by atoms with Gasteiger partial charge in [0.25, 0.3) is 0 Å². The maximum Gasteiger partial charge on any atom is 0.191 e. The Morgan fingerprint density at radius 3 is 2.40 bits per heavy atom. The van der Waals surface area contributed by atoms with Gasteiger partial charge in [-0.25, -0.2) is 0 Å². The van der Waals surface area contributed by atoms with Crippen LogP contribution in [0.25, 0.3) is 22.2 Å². The number of hydrogen-bond acceptors (Lipinski definition) is 2. The van der Waals surface area contributed by atoms with E-state index in [1.165, 1.54) is 11.1 Å². The first-order chi connectivity index (χ1) is 11.7. The van der Waals surface area contributed by atoms with Gasteiger partial charge in [-0.2, -0.15) is 5.26 Å². The first-order valence-corrected chi connectivity index (χ1v) is 8.40. The van der Waals surface area contributed by atoms with E-state index in [4.69, 9.17) is 0 Å². The van der Waals surface area contributed by atoms with E-state index in [9.17, 15) is 10.1 Å². The summed E-state index contributed by atoms with van der Waals surface area (Å²) in [5.74, 6) is 0. The Hall–Kier alpha value is -2.86. The molecule has 0 saturated heterocycles. The molecule has 0 saturated carbocycles. The Morgan fingerprint density at radius 1 is 1.04 bits per heavy atom. The van der Waals surface area contributed by atoms with Gasteiger partial charge in [0.05, 0.1) is 22.5 Å². The second-order valence-electron chi connectivity index (χ2n) is 7.62. The molecule has 1 heterocycles. The quantitative estimate of drug-likeness (QED) is 0.684. The number of hydrogen-bond donors (Lipinski definition) is 1. The molecule has 2 aromatic carbocycles. The van der Waals surface area contributed by atoms with Gasteiger partial charge in [0, 0.05) is 17.3 Å². The number of rotatable bonds is 1. The number of benzene rings is 2. The monoisotopic (exact) mass is 330 g/mol. The Bertz CT molecular complexity index is 1080. The first kappa shape index (κ1) is 17.0. The average molecular weight is 330 g/mol. The molecule has 0 fully saturated rings. The minimum atomic E-state index is -0.127. The van der Waals surface area contributed by atoms with Crippen LogP contribution in [0.5, 0.6) is 0 Å². The molecule has 3 rings (SSSR count). The van der Waals surface area contributed by atoms with Crippen LogP contribution in [0.4, 0.5) is 0 Å². The maximum absolute atomic E-state index is 12.6. The molecule has 0 radical (unpaired) electrons. The van der Waals surface area contributed by atoms with E-state index in [1.54, 1.807) is 18.2 Å². The van der Waals surface area contributed by atoms with E-state index >= 15 is 0 Å². The highest BCUT2D eigenvalue weighted by molar-refractivity contribution is 5.86. The van der Waals surface area contributed by atoms with Gasteiger partial charge in [-0.05, 0) is 54.2 Å². The molecule has 3 aromatic rings. The zero-order valence-electron chi connectivity index (χ0n) is 15.3. The van der Waals surface area contributed by atoms with Crippen LogP contribution in [0, 0.1) is 25.2 Å². The molecule has 0 aliphatic rings. The summed E-state index contributed by atoms with van der Waals surface area (Å²) in [6.07, 6.45) is 0. The average Bonchev–Trinajstić information content (AvgIpc) is 2.54. The van der Waals surface area contributed by atoms with Gasteiger partial charge in [0.1, 0.15) is 0 Å². The van der Waals surface area contributed by atoms with E-state index in [1.807, 2.05) is 6.07 Å². The molecule has 3 nitrogen and oxygen atoms in total. The number of aryl methyl sites for hydroxylation is 2. The summed E-state index contributed by atoms with van der Waals surface area (Å²) in [7, 11) is 0. The number of aromatic amines is 1. The molecular weight excluding hydrogens is 308 g/mol. The molecule has 0 aliphatic carbocycles. The normalized spacial score (nSPS) is 11.5. The molecule has 3 heteroatoms. The molecule has 0 bridgehead atoms. The summed E-state index contributed by atoms with van der Waals surface area (Å²) in [6.45, 7) is 10.8. The smallest absolute Gasteiger partial charge is 0.191 e.